The largest absolute Gasteiger partial charge is 0.462 e. The van der Waals surface area contributed by atoms with E-state index in [0.29, 0.717) is 23.1 Å². The molecule has 160 valence electrons. The Morgan fingerprint density at radius 1 is 1.25 bits per heavy atom. The van der Waals surface area contributed by atoms with Crippen LogP contribution >= 0.6 is 35.3 Å². The second-order valence-electron chi connectivity index (χ2n) is 6.46. The van der Waals surface area contributed by atoms with Gasteiger partial charge >= 0.3 is 5.97 Å². The van der Waals surface area contributed by atoms with Gasteiger partial charge in [-0.1, -0.05) is 6.92 Å². The summed E-state index contributed by atoms with van der Waals surface area (Å²) < 4.78 is 5.07. The van der Waals surface area contributed by atoms with Gasteiger partial charge in [-0.3, -0.25) is 4.79 Å². The number of ether oxygens (including phenoxy) is 1. The number of guanidine groups is 1. The molecule has 1 rings (SSSR count). The van der Waals surface area contributed by atoms with E-state index in [1.165, 1.54) is 16.2 Å². The number of carbonyl (C=O) groups is 2. The first kappa shape index (κ1) is 26.6. The summed E-state index contributed by atoms with van der Waals surface area (Å²) in [6, 6.07) is 0.0210. The third-order valence-corrected chi connectivity index (χ3v) is 5.18. The number of rotatable bonds is 8. The van der Waals surface area contributed by atoms with Gasteiger partial charge in [-0.15, -0.1) is 35.3 Å². The van der Waals surface area contributed by atoms with Crippen molar-refractivity contribution < 1.29 is 14.3 Å². The highest BCUT2D eigenvalue weighted by Gasteiger charge is 2.20. The molecule has 0 fully saturated rings. The molecule has 0 aromatic carbocycles. The first-order valence-electron chi connectivity index (χ1n) is 9.11. The summed E-state index contributed by atoms with van der Waals surface area (Å²) in [5.74, 6) is 0.106. The van der Waals surface area contributed by atoms with Crippen molar-refractivity contribution in [3.8, 4) is 0 Å². The SMILES string of the molecule is CCOC(=O)c1sc(C(C)NC(=NCC(=O)N(C)C)NC(C)CC)nc1C.I. The second-order valence-corrected chi connectivity index (χ2v) is 7.49. The molecule has 0 radical (unpaired) electrons. The summed E-state index contributed by atoms with van der Waals surface area (Å²) in [6.45, 7) is 10.0. The van der Waals surface area contributed by atoms with Crippen LogP contribution in [0.3, 0.4) is 0 Å². The molecular formula is C18H32IN5O3S. The Morgan fingerprint density at radius 3 is 2.43 bits per heavy atom. The molecule has 1 amide bonds. The highest BCUT2D eigenvalue weighted by molar-refractivity contribution is 14.0. The van der Waals surface area contributed by atoms with Crippen molar-refractivity contribution >= 4 is 53.1 Å². The fourth-order valence-electron chi connectivity index (χ4n) is 2.01. The quantitative estimate of drug-likeness (QED) is 0.235. The van der Waals surface area contributed by atoms with Crippen LogP contribution in [0.25, 0.3) is 0 Å². The molecule has 0 spiro atoms. The standard InChI is InChI=1S/C18H31N5O3S.HI/c1-8-11(3)20-18(19-10-14(24)23(6)7)22-13(5)16-21-12(4)15(27-16)17(25)26-9-2;/h11,13H,8-10H2,1-7H3,(H2,19,20,22);1H. The van der Waals surface area contributed by atoms with Gasteiger partial charge in [0.25, 0.3) is 0 Å². The highest BCUT2D eigenvalue weighted by atomic mass is 127. The summed E-state index contributed by atoms with van der Waals surface area (Å²) in [7, 11) is 3.40. The minimum atomic E-state index is -0.353. The molecule has 1 aromatic heterocycles. The number of aryl methyl sites for hydroxylation is 1. The fourth-order valence-corrected chi connectivity index (χ4v) is 2.97. The zero-order valence-corrected chi connectivity index (χ0v) is 20.8. The van der Waals surface area contributed by atoms with Crippen molar-refractivity contribution in [3.05, 3.63) is 15.6 Å². The van der Waals surface area contributed by atoms with E-state index < -0.39 is 0 Å². The fraction of sp³-hybridized carbons (Fsp3) is 0.667. The Morgan fingerprint density at radius 2 is 1.89 bits per heavy atom. The van der Waals surface area contributed by atoms with Crippen molar-refractivity contribution in [1.82, 2.24) is 20.5 Å². The van der Waals surface area contributed by atoms with E-state index in [9.17, 15) is 9.59 Å². The number of carbonyl (C=O) groups excluding carboxylic acids is 2. The maximum atomic E-state index is 12.0. The van der Waals surface area contributed by atoms with Gasteiger partial charge in [0.05, 0.1) is 18.3 Å². The average molecular weight is 525 g/mol. The van der Waals surface area contributed by atoms with E-state index in [4.69, 9.17) is 4.74 Å². The van der Waals surface area contributed by atoms with Gasteiger partial charge in [0.1, 0.15) is 16.4 Å². The van der Waals surface area contributed by atoms with Crippen LogP contribution in [0.2, 0.25) is 0 Å². The molecule has 2 atom stereocenters. The maximum Gasteiger partial charge on any atom is 0.350 e. The van der Waals surface area contributed by atoms with E-state index in [0.717, 1.165) is 11.4 Å². The van der Waals surface area contributed by atoms with Gasteiger partial charge in [-0.25, -0.2) is 14.8 Å². The predicted molar refractivity (Wildman–Crippen MR) is 124 cm³/mol. The third kappa shape index (κ3) is 8.29. The first-order valence-corrected chi connectivity index (χ1v) is 9.93. The van der Waals surface area contributed by atoms with Crippen LogP contribution in [0.15, 0.2) is 4.99 Å². The van der Waals surface area contributed by atoms with Gasteiger partial charge in [0.2, 0.25) is 5.91 Å². The minimum absolute atomic E-state index is 0. The van der Waals surface area contributed by atoms with Gasteiger partial charge in [-0.05, 0) is 34.1 Å². The summed E-state index contributed by atoms with van der Waals surface area (Å²) in [6.07, 6.45) is 0.917. The molecule has 8 nitrogen and oxygen atoms in total. The molecule has 0 aliphatic rings. The molecule has 1 aromatic rings. The van der Waals surface area contributed by atoms with Crippen molar-refractivity contribution in [2.45, 2.75) is 53.1 Å². The lowest BCUT2D eigenvalue weighted by molar-refractivity contribution is -0.127. The molecule has 2 N–H and O–H groups in total. The van der Waals surface area contributed by atoms with Crippen molar-refractivity contribution in [2.24, 2.45) is 4.99 Å². The number of thiazole rings is 1. The molecule has 1 heterocycles. The smallest absolute Gasteiger partial charge is 0.350 e. The first-order chi connectivity index (χ1) is 12.7. The molecule has 0 aliphatic carbocycles. The lowest BCUT2D eigenvalue weighted by Crippen LogP contribution is -2.43. The van der Waals surface area contributed by atoms with E-state index >= 15 is 0 Å². The molecule has 10 heteroatoms. The Kier molecular flexibility index (Phi) is 12.3. The number of esters is 1. The van der Waals surface area contributed by atoms with Crippen LogP contribution < -0.4 is 10.6 Å². The van der Waals surface area contributed by atoms with E-state index in [2.05, 4.69) is 27.5 Å². The summed E-state index contributed by atoms with van der Waals surface area (Å²) in [4.78, 5) is 34.7. The molecule has 0 bridgehead atoms. The summed E-state index contributed by atoms with van der Waals surface area (Å²) in [5, 5.41) is 7.31. The summed E-state index contributed by atoms with van der Waals surface area (Å²) >= 11 is 1.31. The second kappa shape index (κ2) is 12.9. The molecule has 0 aliphatic heterocycles. The number of aromatic nitrogens is 1. The Labute approximate surface area is 188 Å². The van der Waals surface area contributed by atoms with Crippen LogP contribution in [0.1, 0.15) is 60.5 Å². The highest BCUT2D eigenvalue weighted by Crippen LogP contribution is 2.24. The van der Waals surface area contributed by atoms with E-state index in [1.54, 1.807) is 27.9 Å². The van der Waals surface area contributed by atoms with Crippen molar-refractivity contribution in [2.75, 3.05) is 27.2 Å². The number of nitrogens with zero attached hydrogens (tertiary/aromatic N) is 3. The number of aliphatic imine (C=N–C) groups is 1. The topological polar surface area (TPSA) is 95.9 Å². The van der Waals surface area contributed by atoms with Crippen LogP contribution in [-0.2, 0) is 9.53 Å². The zero-order chi connectivity index (χ0) is 20.6. The molecule has 28 heavy (non-hydrogen) atoms. The molecular weight excluding hydrogens is 493 g/mol. The van der Waals surface area contributed by atoms with Gasteiger partial charge in [0, 0.05) is 20.1 Å². The van der Waals surface area contributed by atoms with Crippen LogP contribution in [0.5, 0.6) is 0 Å². The number of halogens is 1. The number of hydrogen-bond acceptors (Lipinski definition) is 6. The van der Waals surface area contributed by atoms with E-state index in [1.807, 2.05) is 13.8 Å². The average Bonchev–Trinajstić information content (AvgIpc) is 3.01. The van der Waals surface area contributed by atoms with Crippen LogP contribution in [0.4, 0.5) is 0 Å². The number of likely N-dealkylation sites (N-methyl/N-ethyl adjacent to an activating group) is 1. The molecule has 2 unspecified atom stereocenters. The third-order valence-electron chi connectivity index (χ3n) is 3.86. The van der Waals surface area contributed by atoms with Crippen LogP contribution in [0, 0.1) is 6.92 Å². The molecule has 0 saturated heterocycles. The number of hydrogen-bond donors (Lipinski definition) is 2. The Hall–Kier alpha value is -1.43. The summed E-state index contributed by atoms with van der Waals surface area (Å²) in [5.41, 5.74) is 0.651. The lowest BCUT2D eigenvalue weighted by atomic mass is 10.2. The van der Waals surface area contributed by atoms with Gasteiger partial charge in [0.15, 0.2) is 5.96 Å². The van der Waals surface area contributed by atoms with Crippen molar-refractivity contribution in [1.29, 1.82) is 0 Å². The normalized spacial score (nSPS) is 13.2. The number of amides is 1. The van der Waals surface area contributed by atoms with Gasteiger partial charge in [-0.2, -0.15) is 0 Å². The molecule has 0 saturated carbocycles. The number of nitrogens with one attached hydrogen (secondary N) is 2. The van der Waals surface area contributed by atoms with E-state index in [-0.39, 0.29) is 54.5 Å². The monoisotopic (exact) mass is 525 g/mol. The Balaban J connectivity index is 0.00000729. The maximum absolute atomic E-state index is 12.0. The zero-order valence-electron chi connectivity index (χ0n) is 17.7. The minimum Gasteiger partial charge on any atom is -0.462 e. The Bertz CT molecular complexity index is 678. The van der Waals surface area contributed by atoms with Gasteiger partial charge < -0.3 is 20.3 Å². The predicted octanol–water partition coefficient (Wildman–Crippen LogP) is 2.73. The lowest BCUT2D eigenvalue weighted by Gasteiger charge is -2.20. The van der Waals surface area contributed by atoms with Crippen molar-refractivity contribution in [3.63, 3.8) is 0 Å². The van der Waals surface area contributed by atoms with Crippen LogP contribution in [-0.4, -0.2) is 61.0 Å².